The van der Waals surface area contributed by atoms with Crippen LogP contribution >= 0.6 is 0 Å². The van der Waals surface area contributed by atoms with E-state index in [1.807, 2.05) is 12.1 Å². The van der Waals surface area contributed by atoms with Crippen LogP contribution in [-0.2, 0) is 21.2 Å². The third kappa shape index (κ3) is 5.77. The molecule has 160 valence electrons. The number of rotatable bonds is 8. The fourth-order valence-electron chi connectivity index (χ4n) is 3.81. The SMILES string of the molecule is CN1CCN(CCNC(=O)[C@@H](CCS(C)(=O)=O)N2Cc3ccccc3C2=O)CC1. The zero-order chi connectivity index (χ0) is 21.0. The van der Waals surface area contributed by atoms with E-state index in [9.17, 15) is 18.0 Å². The van der Waals surface area contributed by atoms with Crippen LogP contribution in [0.4, 0.5) is 0 Å². The molecule has 1 aromatic carbocycles. The number of benzene rings is 1. The Bertz CT molecular complexity index is 850. The van der Waals surface area contributed by atoms with Crippen LogP contribution < -0.4 is 5.32 Å². The number of hydrogen-bond acceptors (Lipinski definition) is 6. The van der Waals surface area contributed by atoms with E-state index in [4.69, 9.17) is 0 Å². The van der Waals surface area contributed by atoms with Gasteiger partial charge in [-0.3, -0.25) is 14.5 Å². The number of hydrogen-bond donors (Lipinski definition) is 1. The monoisotopic (exact) mass is 422 g/mol. The summed E-state index contributed by atoms with van der Waals surface area (Å²) in [4.78, 5) is 31.8. The van der Waals surface area contributed by atoms with Gasteiger partial charge in [0, 0.05) is 57.6 Å². The van der Waals surface area contributed by atoms with Crippen LogP contribution in [0.5, 0.6) is 0 Å². The molecule has 0 aliphatic carbocycles. The van der Waals surface area contributed by atoms with Crippen molar-refractivity contribution in [2.24, 2.45) is 0 Å². The molecule has 1 atom stereocenters. The Morgan fingerprint density at radius 3 is 2.52 bits per heavy atom. The van der Waals surface area contributed by atoms with Gasteiger partial charge in [0.15, 0.2) is 0 Å². The van der Waals surface area contributed by atoms with E-state index in [0.717, 1.165) is 44.5 Å². The molecule has 0 radical (unpaired) electrons. The van der Waals surface area contributed by atoms with Crippen LogP contribution in [0.15, 0.2) is 24.3 Å². The molecular formula is C20H30N4O4S. The minimum atomic E-state index is -3.24. The Labute approximate surface area is 172 Å². The molecule has 9 heteroatoms. The maximum absolute atomic E-state index is 12.9. The summed E-state index contributed by atoms with van der Waals surface area (Å²) in [7, 11) is -1.15. The van der Waals surface area contributed by atoms with Crippen molar-refractivity contribution in [2.75, 3.05) is 58.3 Å². The molecule has 8 nitrogen and oxygen atoms in total. The van der Waals surface area contributed by atoms with Gasteiger partial charge in [0.1, 0.15) is 15.9 Å². The number of piperazine rings is 1. The van der Waals surface area contributed by atoms with E-state index in [2.05, 4.69) is 22.2 Å². The molecule has 0 spiro atoms. The average molecular weight is 423 g/mol. The lowest BCUT2D eigenvalue weighted by molar-refractivity contribution is -0.125. The number of sulfone groups is 1. The molecule has 0 unspecified atom stereocenters. The first kappa shape index (κ1) is 21.7. The van der Waals surface area contributed by atoms with Crippen LogP contribution in [0.2, 0.25) is 0 Å². The molecule has 3 rings (SSSR count). The second kappa shape index (κ2) is 9.23. The summed E-state index contributed by atoms with van der Waals surface area (Å²) in [5.74, 6) is -0.638. The zero-order valence-corrected chi connectivity index (χ0v) is 18.0. The van der Waals surface area contributed by atoms with Crippen LogP contribution in [0.25, 0.3) is 0 Å². The van der Waals surface area contributed by atoms with Gasteiger partial charge >= 0.3 is 0 Å². The molecule has 1 N–H and O–H groups in total. The molecule has 1 aromatic rings. The van der Waals surface area contributed by atoms with Gasteiger partial charge in [-0.15, -0.1) is 0 Å². The van der Waals surface area contributed by atoms with Crippen molar-refractivity contribution < 1.29 is 18.0 Å². The number of likely N-dealkylation sites (N-methyl/N-ethyl adjacent to an activating group) is 1. The van der Waals surface area contributed by atoms with Crippen molar-refractivity contribution in [2.45, 2.75) is 19.0 Å². The Morgan fingerprint density at radius 2 is 1.86 bits per heavy atom. The lowest BCUT2D eigenvalue weighted by atomic mass is 10.1. The maximum atomic E-state index is 12.9. The standard InChI is InChI=1S/C20H30N4O4S/c1-22-10-12-23(13-11-22)9-8-21-19(25)18(7-14-29(2,27)28)24-15-16-5-3-4-6-17(16)20(24)26/h3-6,18H,7-15H2,1-2H3,(H,21,25)/t18-/m1/s1. The quantitative estimate of drug-likeness (QED) is 0.625. The molecule has 2 aliphatic heterocycles. The molecule has 0 aromatic heterocycles. The summed E-state index contributed by atoms with van der Waals surface area (Å²) in [6.07, 6.45) is 1.24. The summed E-state index contributed by atoms with van der Waals surface area (Å²) in [5.41, 5.74) is 1.45. The first-order valence-corrected chi connectivity index (χ1v) is 12.1. The lowest BCUT2D eigenvalue weighted by Crippen LogP contribution is -2.50. The molecule has 0 saturated carbocycles. The van der Waals surface area contributed by atoms with Gasteiger partial charge in [0.25, 0.3) is 5.91 Å². The highest BCUT2D eigenvalue weighted by molar-refractivity contribution is 7.90. The van der Waals surface area contributed by atoms with Crippen molar-refractivity contribution in [1.82, 2.24) is 20.0 Å². The molecule has 1 saturated heterocycles. The second-order valence-electron chi connectivity index (χ2n) is 7.96. The first-order valence-electron chi connectivity index (χ1n) is 10.00. The number of nitrogens with one attached hydrogen (secondary N) is 1. The van der Waals surface area contributed by atoms with E-state index in [1.54, 1.807) is 12.1 Å². The van der Waals surface area contributed by atoms with Crippen LogP contribution in [0, 0.1) is 0 Å². The predicted molar refractivity (Wildman–Crippen MR) is 111 cm³/mol. The van der Waals surface area contributed by atoms with E-state index in [-0.39, 0.29) is 24.0 Å². The van der Waals surface area contributed by atoms with Gasteiger partial charge in [-0.1, -0.05) is 18.2 Å². The predicted octanol–water partition coefficient (Wildman–Crippen LogP) is -0.191. The summed E-state index contributed by atoms with van der Waals surface area (Å²) in [5, 5.41) is 2.92. The maximum Gasteiger partial charge on any atom is 0.255 e. The van der Waals surface area contributed by atoms with Gasteiger partial charge in [-0.2, -0.15) is 0 Å². The van der Waals surface area contributed by atoms with Crippen LogP contribution in [0.1, 0.15) is 22.3 Å². The Kier molecular flexibility index (Phi) is 6.92. The number of carbonyl (C=O) groups is 2. The molecule has 1 fully saturated rings. The Morgan fingerprint density at radius 1 is 1.17 bits per heavy atom. The molecule has 2 heterocycles. The fraction of sp³-hybridized carbons (Fsp3) is 0.600. The average Bonchev–Trinajstić information content (AvgIpc) is 2.99. The van der Waals surface area contributed by atoms with Crippen LogP contribution in [0.3, 0.4) is 0 Å². The largest absolute Gasteiger partial charge is 0.353 e. The van der Waals surface area contributed by atoms with Crippen molar-refractivity contribution in [3.63, 3.8) is 0 Å². The zero-order valence-electron chi connectivity index (χ0n) is 17.1. The summed E-state index contributed by atoms with van der Waals surface area (Å²) in [6.45, 7) is 5.49. The number of nitrogens with zero attached hydrogens (tertiary/aromatic N) is 3. The third-order valence-electron chi connectivity index (χ3n) is 5.61. The van der Waals surface area contributed by atoms with E-state index < -0.39 is 15.9 Å². The topological polar surface area (TPSA) is 90.0 Å². The Hall–Kier alpha value is -1.97. The van der Waals surface area contributed by atoms with Gasteiger partial charge in [0.05, 0.1) is 5.75 Å². The highest BCUT2D eigenvalue weighted by Crippen LogP contribution is 2.25. The molecule has 2 aliphatic rings. The van der Waals surface area contributed by atoms with Crippen molar-refractivity contribution in [3.05, 3.63) is 35.4 Å². The van der Waals surface area contributed by atoms with Crippen LogP contribution in [-0.4, -0.2) is 99.3 Å². The molecule has 29 heavy (non-hydrogen) atoms. The van der Waals surface area contributed by atoms with E-state index in [0.29, 0.717) is 18.7 Å². The summed E-state index contributed by atoms with van der Waals surface area (Å²) in [6, 6.07) is 6.47. The molecule has 2 amide bonds. The highest BCUT2D eigenvalue weighted by atomic mass is 32.2. The number of fused-ring (bicyclic) bond motifs is 1. The Balaban J connectivity index is 1.62. The molecular weight excluding hydrogens is 392 g/mol. The van der Waals surface area contributed by atoms with E-state index in [1.165, 1.54) is 4.90 Å². The first-order chi connectivity index (χ1) is 13.7. The lowest BCUT2D eigenvalue weighted by Gasteiger charge is -2.32. The minimum Gasteiger partial charge on any atom is -0.353 e. The van der Waals surface area contributed by atoms with Gasteiger partial charge in [-0.05, 0) is 25.1 Å². The van der Waals surface area contributed by atoms with Crippen molar-refractivity contribution in [1.29, 1.82) is 0 Å². The fourth-order valence-corrected chi connectivity index (χ4v) is 4.46. The third-order valence-corrected chi connectivity index (χ3v) is 6.59. The number of amides is 2. The van der Waals surface area contributed by atoms with Gasteiger partial charge in [0.2, 0.25) is 5.91 Å². The smallest absolute Gasteiger partial charge is 0.255 e. The molecule has 0 bridgehead atoms. The van der Waals surface area contributed by atoms with E-state index >= 15 is 0 Å². The minimum absolute atomic E-state index is 0.0961. The normalized spacial score (nSPS) is 19.2. The van der Waals surface area contributed by atoms with Gasteiger partial charge < -0.3 is 15.1 Å². The summed E-state index contributed by atoms with van der Waals surface area (Å²) < 4.78 is 23.3. The number of carbonyl (C=O) groups excluding carboxylic acids is 2. The van der Waals surface area contributed by atoms with Crippen molar-refractivity contribution in [3.8, 4) is 0 Å². The van der Waals surface area contributed by atoms with Crippen molar-refractivity contribution >= 4 is 21.7 Å². The summed E-state index contributed by atoms with van der Waals surface area (Å²) >= 11 is 0. The highest BCUT2D eigenvalue weighted by Gasteiger charge is 2.36. The van der Waals surface area contributed by atoms with Gasteiger partial charge in [-0.25, -0.2) is 8.42 Å². The second-order valence-corrected chi connectivity index (χ2v) is 10.2.